The smallest absolute Gasteiger partial charge is 0.461 e. The summed E-state index contributed by atoms with van der Waals surface area (Å²) in [6.07, 6.45) is 37.2. The van der Waals surface area contributed by atoms with Crippen LogP contribution in [0.3, 0.4) is 0 Å². The molecule has 1 aliphatic rings. The highest BCUT2D eigenvalue weighted by molar-refractivity contribution is 7.47. The zero-order valence-corrected chi connectivity index (χ0v) is 36.8. The van der Waals surface area contributed by atoms with Crippen molar-refractivity contribution >= 4 is 19.8 Å². The van der Waals surface area contributed by atoms with Gasteiger partial charge in [0.2, 0.25) is 0 Å². The second kappa shape index (κ2) is 35.8. The molecule has 14 heteroatoms. The van der Waals surface area contributed by atoms with Crippen LogP contribution in [0.15, 0.2) is 122 Å². The van der Waals surface area contributed by atoms with Gasteiger partial charge in [0, 0.05) is 6.42 Å². The maximum atomic E-state index is 12.8. The van der Waals surface area contributed by atoms with E-state index in [2.05, 4.69) is 98.9 Å². The summed E-state index contributed by atoms with van der Waals surface area (Å²) in [6, 6.07) is 0. The van der Waals surface area contributed by atoms with Crippen LogP contribution in [-0.4, -0.2) is 98.3 Å². The lowest BCUT2D eigenvalue weighted by Gasteiger charge is -2.41. The molecule has 13 nitrogen and oxygen atoms in total. The van der Waals surface area contributed by atoms with Crippen LogP contribution in [0.4, 0.5) is 0 Å². The largest absolute Gasteiger partial charge is 0.472 e. The van der Waals surface area contributed by atoms with Crippen molar-refractivity contribution < 1.29 is 63.1 Å². The van der Waals surface area contributed by atoms with Gasteiger partial charge in [-0.2, -0.15) is 0 Å². The number of hydrogen-bond acceptors (Lipinski definition) is 12. The molecule has 1 aliphatic carbocycles. The molecular formula is C47H71O13P. The Bertz CT molecular complexity index is 1520. The number of esters is 2. The SMILES string of the molecule is CC/C=C\C/C=C\C/C=C\C/C=C\C/C=C\CCCC(=O)OC(COC(=O)C/C=C\C/C=C\C/C=C\C/C=C\C/C=C\CC)COP(=O)(O)OC1C(O)C(O)C(O)C(O)C1O. The highest BCUT2D eigenvalue weighted by Crippen LogP contribution is 2.47. The van der Waals surface area contributed by atoms with Gasteiger partial charge >= 0.3 is 19.8 Å². The summed E-state index contributed by atoms with van der Waals surface area (Å²) in [4.78, 5) is 35.5. The number of allylic oxidation sites excluding steroid dienone is 19. The molecule has 0 bridgehead atoms. The first-order chi connectivity index (χ1) is 29.4. The van der Waals surface area contributed by atoms with Crippen LogP contribution < -0.4 is 0 Å². The number of aliphatic hydroxyl groups is 5. The summed E-state index contributed by atoms with van der Waals surface area (Å²) in [5.41, 5.74) is 0. The van der Waals surface area contributed by atoms with E-state index in [-0.39, 0.29) is 12.8 Å². The van der Waals surface area contributed by atoms with E-state index in [0.717, 1.165) is 57.8 Å². The van der Waals surface area contributed by atoms with Crippen LogP contribution in [0.5, 0.6) is 0 Å². The van der Waals surface area contributed by atoms with E-state index in [1.54, 1.807) is 12.2 Å². The van der Waals surface area contributed by atoms with E-state index in [9.17, 15) is 44.6 Å². The quantitative estimate of drug-likeness (QED) is 0.0165. The first kappa shape index (κ1) is 55.3. The number of aliphatic hydroxyl groups excluding tert-OH is 5. The monoisotopic (exact) mass is 874 g/mol. The van der Waals surface area contributed by atoms with Crippen molar-refractivity contribution in [1.82, 2.24) is 0 Å². The number of ether oxygens (including phenoxy) is 2. The molecule has 0 aromatic carbocycles. The van der Waals surface area contributed by atoms with Crippen molar-refractivity contribution in [2.45, 2.75) is 146 Å². The molecule has 1 fully saturated rings. The Morgan fingerprint density at radius 2 is 0.902 bits per heavy atom. The van der Waals surface area contributed by atoms with E-state index in [1.807, 2.05) is 24.3 Å². The van der Waals surface area contributed by atoms with Gasteiger partial charge in [-0.05, 0) is 77.0 Å². The Kier molecular flexibility index (Phi) is 32.4. The number of phosphoric acid groups is 1. The predicted molar refractivity (Wildman–Crippen MR) is 239 cm³/mol. The summed E-state index contributed by atoms with van der Waals surface area (Å²) in [5.74, 6) is -1.33. The third-order valence-corrected chi connectivity index (χ3v) is 9.82. The molecule has 0 saturated heterocycles. The molecule has 0 aromatic heterocycles. The molecule has 1 saturated carbocycles. The molecule has 0 aromatic rings. The van der Waals surface area contributed by atoms with E-state index < -0.39 is 75.7 Å². The summed E-state index contributed by atoms with van der Waals surface area (Å²) < 4.78 is 33.3. The lowest BCUT2D eigenvalue weighted by molar-refractivity contribution is -0.220. The van der Waals surface area contributed by atoms with Crippen LogP contribution in [0.25, 0.3) is 0 Å². The predicted octanol–water partition coefficient (Wildman–Crippen LogP) is 7.82. The molecule has 0 aliphatic heterocycles. The standard InChI is InChI=1S/C47H71O13P/c1-3-5-7-9-11-13-15-17-19-20-22-24-26-28-30-32-34-36-41(49)59-39(38-58-61(55,56)60-47-45(53)43(51)42(50)44(52)46(47)54)37-57-40(48)35-33-31-29-27-25-23-21-18-16-14-12-10-8-6-4-2/h5-8,11-14,17-19,21-22,24-25,27-28,30-31,33,39,42-47,50-54H,3-4,9-10,15-16,20,23,26,29,32,34-38H2,1-2H3,(H,55,56)/b7-5-,8-6-,13-11-,14-12-,19-17-,21-18-,24-22-,27-25-,30-28-,33-31-. The third kappa shape index (κ3) is 28.5. The van der Waals surface area contributed by atoms with Gasteiger partial charge in [0.1, 0.15) is 43.2 Å². The number of unbranched alkanes of at least 4 members (excludes halogenated alkanes) is 1. The zero-order valence-electron chi connectivity index (χ0n) is 35.9. The van der Waals surface area contributed by atoms with Crippen molar-refractivity contribution in [2.75, 3.05) is 13.2 Å². The van der Waals surface area contributed by atoms with Gasteiger partial charge in [0.15, 0.2) is 6.10 Å². The minimum absolute atomic E-state index is 0.00928. The van der Waals surface area contributed by atoms with Crippen LogP contribution in [0.1, 0.15) is 104 Å². The van der Waals surface area contributed by atoms with Gasteiger partial charge in [0.05, 0.1) is 13.0 Å². The minimum Gasteiger partial charge on any atom is -0.461 e. The maximum absolute atomic E-state index is 12.8. The van der Waals surface area contributed by atoms with Gasteiger partial charge in [-0.25, -0.2) is 4.57 Å². The zero-order chi connectivity index (χ0) is 45.0. The Morgan fingerprint density at radius 1 is 0.525 bits per heavy atom. The molecule has 6 atom stereocenters. The summed E-state index contributed by atoms with van der Waals surface area (Å²) in [7, 11) is -5.16. The highest BCUT2D eigenvalue weighted by atomic mass is 31.2. The molecule has 0 amide bonds. The lowest BCUT2D eigenvalue weighted by Crippen LogP contribution is -2.64. The number of hydrogen-bond donors (Lipinski definition) is 6. The van der Waals surface area contributed by atoms with Crippen molar-refractivity contribution in [3.05, 3.63) is 122 Å². The van der Waals surface area contributed by atoms with Gasteiger partial charge < -0.3 is 39.9 Å². The van der Waals surface area contributed by atoms with Crippen LogP contribution in [0.2, 0.25) is 0 Å². The molecule has 0 spiro atoms. The van der Waals surface area contributed by atoms with Gasteiger partial charge in [-0.15, -0.1) is 0 Å². The molecule has 61 heavy (non-hydrogen) atoms. The first-order valence-corrected chi connectivity index (χ1v) is 22.8. The third-order valence-electron chi connectivity index (χ3n) is 8.83. The molecule has 6 unspecified atom stereocenters. The number of rotatable bonds is 32. The van der Waals surface area contributed by atoms with E-state index >= 15 is 0 Å². The second-order valence-corrected chi connectivity index (χ2v) is 15.5. The molecule has 0 radical (unpaired) electrons. The van der Waals surface area contributed by atoms with Crippen LogP contribution in [0, 0.1) is 0 Å². The molecular weight excluding hydrogens is 803 g/mol. The van der Waals surface area contributed by atoms with E-state index in [4.69, 9.17) is 18.5 Å². The Hall–Kier alpha value is -3.75. The molecule has 6 N–H and O–H groups in total. The number of phosphoric ester groups is 1. The summed E-state index contributed by atoms with van der Waals surface area (Å²) >= 11 is 0. The average Bonchev–Trinajstić information content (AvgIpc) is 3.24. The Morgan fingerprint density at radius 3 is 1.33 bits per heavy atom. The van der Waals surface area contributed by atoms with Crippen molar-refractivity contribution in [1.29, 1.82) is 0 Å². The minimum atomic E-state index is -5.16. The van der Waals surface area contributed by atoms with Crippen molar-refractivity contribution in [2.24, 2.45) is 0 Å². The van der Waals surface area contributed by atoms with Crippen molar-refractivity contribution in [3.63, 3.8) is 0 Å². The second-order valence-electron chi connectivity index (χ2n) is 14.1. The fourth-order valence-corrected chi connectivity index (χ4v) is 6.42. The average molecular weight is 875 g/mol. The fourth-order valence-electron chi connectivity index (χ4n) is 5.45. The summed E-state index contributed by atoms with van der Waals surface area (Å²) in [6.45, 7) is 2.90. The fraction of sp³-hybridized carbons (Fsp3) is 0.532. The van der Waals surface area contributed by atoms with Gasteiger partial charge in [0.25, 0.3) is 0 Å². The Balaban J connectivity index is 2.62. The maximum Gasteiger partial charge on any atom is 0.472 e. The van der Waals surface area contributed by atoms with E-state index in [0.29, 0.717) is 19.3 Å². The first-order valence-electron chi connectivity index (χ1n) is 21.3. The highest BCUT2D eigenvalue weighted by Gasteiger charge is 2.51. The Labute approximate surface area is 363 Å². The van der Waals surface area contributed by atoms with Crippen molar-refractivity contribution in [3.8, 4) is 0 Å². The van der Waals surface area contributed by atoms with Crippen LogP contribution >= 0.6 is 7.82 Å². The van der Waals surface area contributed by atoms with E-state index in [1.165, 1.54) is 0 Å². The summed E-state index contributed by atoms with van der Waals surface area (Å²) in [5, 5.41) is 50.1. The number of carbonyl (C=O) groups excluding carboxylic acids is 2. The molecule has 1 rings (SSSR count). The van der Waals surface area contributed by atoms with Gasteiger partial charge in [-0.3, -0.25) is 18.6 Å². The lowest BCUT2D eigenvalue weighted by atomic mass is 9.85. The topological polar surface area (TPSA) is 210 Å². The number of carbonyl (C=O) groups is 2. The molecule has 0 heterocycles. The van der Waals surface area contributed by atoms with Crippen LogP contribution in [-0.2, 0) is 32.7 Å². The normalized spacial score (nSPS) is 23.2. The van der Waals surface area contributed by atoms with Gasteiger partial charge in [-0.1, -0.05) is 135 Å². The molecule has 342 valence electrons.